The molecule has 1 rings (SSSR count). The monoisotopic (exact) mass is 288 g/mol. The highest BCUT2D eigenvalue weighted by molar-refractivity contribution is 7.99. The summed E-state index contributed by atoms with van der Waals surface area (Å²) in [5.74, 6) is 0.782. The van der Waals surface area contributed by atoms with E-state index in [-0.39, 0.29) is 18.5 Å². The van der Waals surface area contributed by atoms with Crippen LogP contribution in [-0.4, -0.2) is 64.6 Å². The van der Waals surface area contributed by atoms with Gasteiger partial charge in [0.05, 0.1) is 12.5 Å². The van der Waals surface area contributed by atoms with E-state index in [2.05, 4.69) is 6.92 Å². The number of nitrogens with zero attached hydrogens (tertiary/aromatic N) is 2. The van der Waals surface area contributed by atoms with Crippen molar-refractivity contribution < 1.29 is 14.7 Å². The molecule has 1 N–H and O–H groups in total. The Morgan fingerprint density at radius 3 is 2.79 bits per heavy atom. The van der Waals surface area contributed by atoms with Gasteiger partial charge >= 0.3 is 12.0 Å². The largest absolute Gasteiger partial charge is 0.481 e. The SMILES string of the molecule is CCCCCN(C)C(=O)N1CCSCC1CC(=O)O. The maximum absolute atomic E-state index is 12.3. The van der Waals surface area contributed by atoms with Crippen LogP contribution in [0.5, 0.6) is 0 Å². The van der Waals surface area contributed by atoms with Crippen LogP contribution in [0.2, 0.25) is 0 Å². The summed E-state index contributed by atoms with van der Waals surface area (Å²) in [6.45, 7) is 3.53. The number of unbranched alkanes of at least 4 members (excludes halogenated alkanes) is 2. The van der Waals surface area contributed by atoms with Gasteiger partial charge in [0, 0.05) is 31.6 Å². The molecule has 19 heavy (non-hydrogen) atoms. The summed E-state index contributed by atoms with van der Waals surface area (Å²) in [5, 5.41) is 8.92. The van der Waals surface area contributed by atoms with E-state index in [0.717, 1.165) is 37.3 Å². The Bertz CT molecular complexity index is 312. The molecule has 1 fully saturated rings. The summed E-state index contributed by atoms with van der Waals surface area (Å²) in [6, 6.07) is -0.194. The maximum Gasteiger partial charge on any atom is 0.320 e. The lowest BCUT2D eigenvalue weighted by molar-refractivity contribution is -0.138. The standard InChI is InChI=1S/C13H24N2O3S/c1-3-4-5-6-14(2)13(18)15-7-8-19-10-11(15)9-12(16)17/h11H,3-10H2,1-2H3,(H,16,17). The van der Waals surface area contributed by atoms with Gasteiger partial charge in [0.15, 0.2) is 0 Å². The van der Waals surface area contributed by atoms with E-state index in [4.69, 9.17) is 5.11 Å². The number of carboxylic acid groups (broad SMARTS) is 1. The van der Waals surface area contributed by atoms with Crippen molar-refractivity contribution in [2.75, 3.05) is 31.6 Å². The molecule has 0 saturated carbocycles. The summed E-state index contributed by atoms with van der Waals surface area (Å²) < 4.78 is 0. The molecule has 1 aliphatic heterocycles. The molecule has 0 spiro atoms. The predicted octanol–water partition coefficient (Wildman–Crippen LogP) is 2.12. The van der Waals surface area contributed by atoms with E-state index in [0.29, 0.717) is 6.54 Å². The van der Waals surface area contributed by atoms with Crippen LogP contribution in [0.4, 0.5) is 4.79 Å². The number of amides is 2. The van der Waals surface area contributed by atoms with E-state index in [1.54, 1.807) is 28.6 Å². The molecule has 5 nitrogen and oxygen atoms in total. The summed E-state index contributed by atoms with van der Waals surface area (Å²) >= 11 is 1.72. The summed E-state index contributed by atoms with van der Waals surface area (Å²) in [7, 11) is 1.80. The average molecular weight is 288 g/mol. The van der Waals surface area contributed by atoms with Crippen LogP contribution < -0.4 is 0 Å². The second kappa shape index (κ2) is 8.30. The summed E-state index contributed by atoms with van der Waals surface area (Å²) in [4.78, 5) is 26.6. The molecule has 0 aliphatic carbocycles. The fraction of sp³-hybridized carbons (Fsp3) is 0.846. The van der Waals surface area contributed by atoms with Crippen LogP contribution >= 0.6 is 11.8 Å². The molecule has 0 bridgehead atoms. The maximum atomic E-state index is 12.3. The van der Waals surface area contributed by atoms with Crippen LogP contribution in [0.3, 0.4) is 0 Å². The van der Waals surface area contributed by atoms with Gasteiger partial charge in [-0.3, -0.25) is 4.79 Å². The quantitative estimate of drug-likeness (QED) is 0.761. The number of carbonyl (C=O) groups is 2. The van der Waals surface area contributed by atoms with Gasteiger partial charge in [-0.25, -0.2) is 4.79 Å². The van der Waals surface area contributed by atoms with Gasteiger partial charge in [0.1, 0.15) is 0 Å². The molecule has 0 aromatic rings. The first-order valence-corrected chi connectivity index (χ1v) is 8.03. The van der Waals surface area contributed by atoms with Crippen LogP contribution in [0.25, 0.3) is 0 Å². The Balaban J connectivity index is 2.53. The third-order valence-corrected chi connectivity index (χ3v) is 4.40. The number of hydrogen-bond acceptors (Lipinski definition) is 3. The normalized spacial score (nSPS) is 19.3. The third kappa shape index (κ3) is 5.30. The highest BCUT2D eigenvalue weighted by Gasteiger charge is 2.30. The molecule has 0 aromatic carbocycles. The molecular formula is C13H24N2O3S. The van der Waals surface area contributed by atoms with Gasteiger partial charge in [0.2, 0.25) is 0 Å². The van der Waals surface area contributed by atoms with Crippen molar-refractivity contribution in [3.63, 3.8) is 0 Å². The van der Waals surface area contributed by atoms with E-state index in [9.17, 15) is 9.59 Å². The first kappa shape index (κ1) is 16.1. The second-order valence-corrected chi connectivity index (χ2v) is 6.08. The van der Waals surface area contributed by atoms with Crippen LogP contribution in [0.1, 0.15) is 32.6 Å². The lowest BCUT2D eigenvalue weighted by Gasteiger charge is -2.37. The van der Waals surface area contributed by atoms with Gasteiger partial charge in [-0.2, -0.15) is 11.8 Å². The number of thioether (sulfide) groups is 1. The molecule has 1 atom stereocenters. The van der Waals surface area contributed by atoms with E-state index < -0.39 is 5.97 Å². The predicted molar refractivity (Wildman–Crippen MR) is 77.6 cm³/mol. The third-order valence-electron chi connectivity index (χ3n) is 3.31. The molecule has 2 amide bonds. The number of rotatable bonds is 6. The van der Waals surface area contributed by atoms with Crippen molar-refractivity contribution in [3.8, 4) is 0 Å². The van der Waals surface area contributed by atoms with Crippen molar-refractivity contribution >= 4 is 23.8 Å². The lowest BCUT2D eigenvalue weighted by atomic mass is 10.2. The highest BCUT2D eigenvalue weighted by Crippen LogP contribution is 2.20. The average Bonchev–Trinajstić information content (AvgIpc) is 2.38. The minimum absolute atomic E-state index is 0.0253. The molecule has 1 saturated heterocycles. The molecule has 0 aromatic heterocycles. The Kier molecular flexibility index (Phi) is 7.05. The van der Waals surface area contributed by atoms with Crippen LogP contribution in [0, 0.1) is 0 Å². The van der Waals surface area contributed by atoms with Crippen molar-refractivity contribution in [2.24, 2.45) is 0 Å². The number of carbonyl (C=O) groups excluding carboxylic acids is 1. The fourth-order valence-electron chi connectivity index (χ4n) is 2.19. The smallest absolute Gasteiger partial charge is 0.320 e. The molecule has 1 aliphatic rings. The van der Waals surface area contributed by atoms with Gasteiger partial charge < -0.3 is 14.9 Å². The Hall–Kier alpha value is -0.910. The molecule has 110 valence electrons. The van der Waals surface area contributed by atoms with Crippen molar-refractivity contribution in [2.45, 2.75) is 38.6 Å². The Labute approximate surface area is 119 Å². The van der Waals surface area contributed by atoms with Gasteiger partial charge in [-0.1, -0.05) is 19.8 Å². The first-order valence-electron chi connectivity index (χ1n) is 6.87. The topological polar surface area (TPSA) is 60.9 Å². The summed E-state index contributed by atoms with van der Waals surface area (Å²) in [6.07, 6.45) is 3.29. The van der Waals surface area contributed by atoms with Crippen molar-refractivity contribution in [3.05, 3.63) is 0 Å². The van der Waals surface area contributed by atoms with Crippen LogP contribution in [0.15, 0.2) is 0 Å². The minimum atomic E-state index is -0.834. The number of urea groups is 1. The fourth-order valence-corrected chi connectivity index (χ4v) is 3.25. The van der Waals surface area contributed by atoms with Crippen molar-refractivity contribution in [1.29, 1.82) is 0 Å². The minimum Gasteiger partial charge on any atom is -0.481 e. The zero-order valence-corrected chi connectivity index (χ0v) is 12.6. The van der Waals surface area contributed by atoms with Crippen LogP contribution in [-0.2, 0) is 4.79 Å². The lowest BCUT2D eigenvalue weighted by Crippen LogP contribution is -2.51. The highest BCUT2D eigenvalue weighted by atomic mass is 32.2. The molecule has 1 heterocycles. The molecule has 0 radical (unpaired) electrons. The molecule has 1 unspecified atom stereocenters. The first-order chi connectivity index (χ1) is 9.06. The Morgan fingerprint density at radius 1 is 1.42 bits per heavy atom. The van der Waals surface area contributed by atoms with Gasteiger partial charge in [-0.05, 0) is 6.42 Å². The molecule has 6 heteroatoms. The Morgan fingerprint density at radius 2 is 2.16 bits per heavy atom. The summed E-state index contributed by atoms with van der Waals surface area (Å²) in [5.41, 5.74) is 0. The number of carboxylic acids is 1. The molecular weight excluding hydrogens is 264 g/mol. The zero-order valence-electron chi connectivity index (χ0n) is 11.8. The van der Waals surface area contributed by atoms with E-state index in [1.165, 1.54) is 0 Å². The van der Waals surface area contributed by atoms with E-state index >= 15 is 0 Å². The number of aliphatic carboxylic acids is 1. The second-order valence-electron chi connectivity index (χ2n) is 4.93. The number of hydrogen-bond donors (Lipinski definition) is 1. The van der Waals surface area contributed by atoms with Gasteiger partial charge in [-0.15, -0.1) is 0 Å². The van der Waals surface area contributed by atoms with Gasteiger partial charge in [0.25, 0.3) is 0 Å². The van der Waals surface area contributed by atoms with Crippen molar-refractivity contribution in [1.82, 2.24) is 9.80 Å². The zero-order chi connectivity index (χ0) is 14.3. The van der Waals surface area contributed by atoms with E-state index in [1.807, 2.05) is 0 Å².